The molecule has 0 unspecified atom stereocenters. The number of fused-ring (bicyclic) bond motifs is 2. The van der Waals surface area contributed by atoms with Gasteiger partial charge in [0.25, 0.3) is 5.91 Å². The van der Waals surface area contributed by atoms with Gasteiger partial charge in [0.1, 0.15) is 5.82 Å². The summed E-state index contributed by atoms with van der Waals surface area (Å²) in [6, 6.07) is 13.7. The number of nitrogens with zero attached hydrogens (tertiary/aromatic N) is 3. The zero-order valence-corrected chi connectivity index (χ0v) is 15.9. The first kappa shape index (κ1) is 17.1. The number of aryl methyl sites for hydroxylation is 1. The minimum Gasteiger partial charge on any atom is -0.454 e. The number of piperidine rings is 1. The summed E-state index contributed by atoms with van der Waals surface area (Å²) in [5, 5.41) is 0. The van der Waals surface area contributed by atoms with Crippen LogP contribution in [0.4, 0.5) is 0 Å². The fourth-order valence-corrected chi connectivity index (χ4v) is 4.22. The number of hydrogen-bond donors (Lipinski definition) is 0. The van der Waals surface area contributed by atoms with Gasteiger partial charge in [-0.05, 0) is 56.0 Å². The number of aromatic nitrogens is 2. The van der Waals surface area contributed by atoms with Gasteiger partial charge in [0.05, 0.1) is 11.0 Å². The Hall–Kier alpha value is -3.02. The van der Waals surface area contributed by atoms with Crippen LogP contribution in [-0.4, -0.2) is 40.2 Å². The first-order valence-electron chi connectivity index (χ1n) is 9.80. The molecule has 6 nitrogen and oxygen atoms in total. The van der Waals surface area contributed by atoms with E-state index in [0.717, 1.165) is 43.8 Å². The summed E-state index contributed by atoms with van der Waals surface area (Å²) >= 11 is 0. The predicted octanol–water partition coefficient (Wildman–Crippen LogP) is 3.63. The number of amides is 1. The van der Waals surface area contributed by atoms with Crippen molar-refractivity contribution in [3.05, 3.63) is 53.9 Å². The van der Waals surface area contributed by atoms with E-state index in [1.807, 2.05) is 23.1 Å². The van der Waals surface area contributed by atoms with Crippen molar-refractivity contribution in [1.82, 2.24) is 14.5 Å². The molecule has 1 saturated heterocycles. The van der Waals surface area contributed by atoms with Gasteiger partial charge < -0.3 is 18.9 Å². The van der Waals surface area contributed by atoms with Crippen molar-refractivity contribution in [3.63, 3.8) is 0 Å². The van der Waals surface area contributed by atoms with Crippen LogP contribution >= 0.6 is 0 Å². The van der Waals surface area contributed by atoms with Crippen molar-refractivity contribution < 1.29 is 14.3 Å². The van der Waals surface area contributed by atoms with Crippen molar-refractivity contribution in [2.45, 2.75) is 26.3 Å². The zero-order valence-electron chi connectivity index (χ0n) is 15.9. The third kappa shape index (κ3) is 2.99. The average Bonchev–Trinajstić information content (AvgIpc) is 3.32. The Morgan fingerprint density at radius 1 is 1.11 bits per heavy atom. The summed E-state index contributed by atoms with van der Waals surface area (Å²) < 4.78 is 13.0. The number of rotatable bonds is 3. The number of benzene rings is 2. The van der Waals surface area contributed by atoms with Crippen LogP contribution < -0.4 is 9.47 Å². The quantitative estimate of drug-likeness (QED) is 0.699. The topological polar surface area (TPSA) is 56.6 Å². The molecule has 3 heterocycles. The highest BCUT2D eigenvalue weighted by molar-refractivity contribution is 5.95. The lowest BCUT2D eigenvalue weighted by Crippen LogP contribution is -2.39. The van der Waals surface area contributed by atoms with Crippen LogP contribution in [0.2, 0.25) is 0 Å². The number of hydrogen-bond acceptors (Lipinski definition) is 4. The summed E-state index contributed by atoms with van der Waals surface area (Å²) in [6.07, 6.45) is 2.00. The van der Waals surface area contributed by atoms with Crippen LogP contribution in [-0.2, 0) is 6.54 Å². The number of likely N-dealkylation sites (tertiary alicyclic amines) is 1. The van der Waals surface area contributed by atoms with Crippen LogP contribution in [0.5, 0.6) is 11.5 Å². The molecule has 1 fully saturated rings. The van der Waals surface area contributed by atoms with Crippen molar-refractivity contribution >= 4 is 16.9 Å². The van der Waals surface area contributed by atoms with Gasteiger partial charge in [-0.25, -0.2) is 4.98 Å². The molecule has 3 aromatic rings. The van der Waals surface area contributed by atoms with Crippen molar-refractivity contribution in [3.8, 4) is 11.5 Å². The largest absolute Gasteiger partial charge is 0.454 e. The first-order chi connectivity index (χ1) is 13.7. The van der Waals surface area contributed by atoms with Crippen molar-refractivity contribution in [1.29, 1.82) is 0 Å². The molecular weight excluding hydrogens is 354 g/mol. The van der Waals surface area contributed by atoms with Gasteiger partial charge >= 0.3 is 0 Å². The third-order valence-corrected chi connectivity index (χ3v) is 5.81. The average molecular weight is 377 g/mol. The van der Waals surface area contributed by atoms with Gasteiger partial charge in [-0.1, -0.05) is 12.1 Å². The SMILES string of the molecule is Cc1nc2ccccc2n1CC1CCN(C(=O)c2ccc3c(c2)OCO3)CC1. The van der Waals surface area contributed by atoms with E-state index < -0.39 is 0 Å². The van der Waals surface area contributed by atoms with Gasteiger partial charge in [0.15, 0.2) is 11.5 Å². The lowest BCUT2D eigenvalue weighted by atomic mass is 9.96. The normalized spacial score (nSPS) is 16.7. The molecule has 2 aliphatic rings. The van der Waals surface area contributed by atoms with Crippen LogP contribution in [0.3, 0.4) is 0 Å². The smallest absolute Gasteiger partial charge is 0.253 e. The Morgan fingerprint density at radius 3 is 2.75 bits per heavy atom. The van der Waals surface area contributed by atoms with Crippen LogP contribution in [0.15, 0.2) is 42.5 Å². The summed E-state index contributed by atoms with van der Waals surface area (Å²) in [6.45, 7) is 4.81. The Morgan fingerprint density at radius 2 is 1.89 bits per heavy atom. The molecule has 0 bridgehead atoms. The standard InChI is InChI=1S/C22H23N3O3/c1-15-23-18-4-2-3-5-19(18)25(15)13-16-8-10-24(11-9-16)22(26)17-6-7-20-21(12-17)28-14-27-20/h2-7,12,16H,8-11,13-14H2,1H3. The van der Waals surface area contributed by atoms with E-state index in [1.165, 1.54) is 5.52 Å². The lowest BCUT2D eigenvalue weighted by molar-refractivity contribution is 0.0682. The zero-order chi connectivity index (χ0) is 19.1. The summed E-state index contributed by atoms with van der Waals surface area (Å²) in [5.74, 6) is 3.04. The molecule has 0 aliphatic carbocycles. The summed E-state index contributed by atoms with van der Waals surface area (Å²) in [4.78, 5) is 19.5. The van der Waals surface area contributed by atoms with E-state index in [0.29, 0.717) is 23.0 Å². The molecule has 28 heavy (non-hydrogen) atoms. The predicted molar refractivity (Wildman–Crippen MR) is 106 cm³/mol. The van der Waals surface area contributed by atoms with E-state index in [9.17, 15) is 4.79 Å². The molecule has 0 radical (unpaired) electrons. The highest BCUT2D eigenvalue weighted by Gasteiger charge is 2.26. The van der Waals surface area contributed by atoms with Gasteiger partial charge in [0, 0.05) is 25.2 Å². The van der Waals surface area contributed by atoms with Gasteiger partial charge in [-0.2, -0.15) is 0 Å². The molecule has 5 rings (SSSR count). The van der Waals surface area contributed by atoms with E-state index in [2.05, 4.69) is 34.7 Å². The molecule has 144 valence electrons. The fraction of sp³-hybridized carbons (Fsp3) is 0.364. The van der Waals surface area contributed by atoms with Gasteiger partial charge in [-0.3, -0.25) is 4.79 Å². The van der Waals surface area contributed by atoms with Gasteiger partial charge in [0.2, 0.25) is 6.79 Å². The molecular formula is C22H23N3O3. The number of para-hydroxylation sites is 2. The molecule has 1 amide bonds. The van der Waals surface area contributed by atoms with E-state index in [-0.39, 0.29) is 12.7 Å². The van der Waals surface area contributed by atoms with Crippen LogP contribution in [0, 0.1) is 12.8 Å². The van der Waals surface area contributed by atoms with E-state index >= 15 is 0 Å². The molecule has 0 saturated carbocycles. The van der Waals surface area contributed by atoms with Crippen LogP contribution in [0.25, 0.3) is 11.0 Å². The Labute approximate surface area is 163 Å². The van der Waals surface area contributed by atoms with Crippen molar-refractivity contribution in [2.75, 3.05) is 19.9 Å². The maximum Gasteiger partial charge on any atom is 0.253 e. The lowest BCUT2D eigenvalue weighted by Gasteiger charge is -2.32. The molecule has 0 atom stereocenters. The number of carbonyl (C=O) groups excluding carboxylic acids is 1. The number of ether oxygens (including phenoxy) is 2. The van der Waals surface area contributed by atoms with Crippen molar-refractivity contribution in [2.24, 2.45) is 5.92 Å². The second-order valence-electron chi connectivity index (χ2n) is 7.56. The Balaban J connectivity index is 1.25. The maximum absolute atomic E-state index is 12.9. The maximum atomic E-state index is 12.9. The fourth-order valence-electron chi connectivity index (χ4n) is 4.22. The summed E-state index contributed by atoms with van der Waals surface area (Å²) in [7, 11) is 0. The van der Waals surface area contributed by atoms with Crippen LogP contribution in [0.1, 0.15) is 29.0 Å². The third-order valence-electron chi connectivity index (χ3n) is 5.81. The second kappa shape index (κ2) is 6.86. The highest BCUT2D eigenvalue weighted by Crippen LogP contribution is 2.33. The summed E-state index contributed by atoms with van der Waals surface area (Å²) in [5.41, 5.74) is 2.91. The minimum atomic E-state index is 0.0704. The Bertz CT molecular complexity index is 1030. The molecule has 6 heteroatoms. The van der Waals surface area contributed by atoms with Gasteiger partial charge in [-0.15, -0.1) is 0 Å². The molecule has 0 N–H and O–H groups in total. The molecule has 2 aliphatic heterocycles. The minimum absolute atomic E-state index is 0.0704. The molecule has 1 aromatic heterocycles. The molecule has 0 spiro atoms. The second-order valence-corrected chi connectivity index (χ2v) is 7.56. The highest BCUT2D eigenvalue weighted by atomic mass is 16.7. The number of carbonyl (C=O) groups is 1. The van der Waals surface area contributed by atoms with E-state index in [4.69, 9.17) is 9.47 Å². The number of imidazole rings is 1. The first-order valence-corrected chi connectivity index (χ1v) is 9.80. The monoisotopic (exact) mass is 377 g/mol. The van der Waals surface area contributed by atoms with E-state index in [1.54, 1.807) is 6.07 Å². The molecule has 2 aromatic carbocycles. The Kier molecular flexibility index (Phi) is 4.19.